The van der Waals surface area contributed by atoms with E-state index >= 15 is 0 Å². The molecule has 2 atom stereocenters. The van der Waals surface area contributed by atoms with Gasteiger partial charge >= 0.3 is 6.18 Å². The van der Waals surface area contributed by atoms with Crippen LogP contribution in [0.5, 0.6) is 0 Å². The predicted octanol–water partition coefficient (Wildman–Crippen LogP) is 3.79. The van der Waals surface area contributed by atoms with Gasteiger partial charge in [-0.2, -0.15) is 13.2 Å². The lowest BCUT2D eigenvalue weighted by Crippen LogP contribution is -2.34. The summed E-state index contributed by atoms with van der Waals surface area (Å²) in [5.41, 5.74) is 0.199. The van der Waals surface area contributed by atoms with Gasteiger partial charge in [-0.1, -0.05) is 19.1 Å². The molecule has 1 aliphatic rings. The Labute approximate surface area is 97.6 Å². The first-order chi connectivity index (χ1) is 7.93. The van der Waals surface area contributed by atoms with E-state index in [4.69, 9.17) is 0 Å². The van der Waals surface area contributed by atoms with Crippen LogP contribution >= 0.6 is 0 Å². The lowest BCUT2D eigenvalue weighted by Gasteiger charge is -2.34. The van der Waals surface area contributed by atoms with Crippen LogP contribution in [0.3, 0.4) is 0 Å². The molecular formula is C13H13F3O. The smallest absolute Gasteiger partial charge is 0.299 e. The van der Waals surface area contributed by atoms with Gasteiger partial charge in [-0.25, -0.2) is 0 Å². The summed E-state index contributed by atoms with van der Waals surface area (Å²) < 4.78 is 37.1. The molecule has 1 fully saturated rings. The summed E-state index contributed by atoms with van der Waals surface area (Å²) in [7, 11) is 0. The van der Waals surface area contributed by atoms with Crippen molar-refractivity contribution in [3.8, 4) is 0 Å². The van der Waals surface area contributed by atoms with Crippen LogP contribution in [0.2, 0.25) is 0 Å². The van der Waals surface area contributed by atoms with Crippen LogP contribution < -0.4 is 0 Å². The fourth-order valence-electron chi connectivity index (χ4n) is 2.36. The molecule has 1 saturated carbocycles. The summed E-state index contributed by atoms with van der Waals surface area (Å²) in [5, 5.41) is 0. The molecule has 0 radical (unpaired) electrons. The maximum Gasteiger partial charge on any atom is 0.416 e. The van der Waals surface area contributed by atoms with Crippen LogP contribution in [0.25, 0.3) is 0 Å². The zero-order valence-electron chi connectivity index (χ0n) is 9.42. The summed E-state index contributed by atoms with van der Waals surface area (Å²) in [6, 6.07) is 5.15. The largest absolute Gasteiger partial charge is 0.416 e. The Morgan fingerprint density at radius 1 is 1.24 bits per heavy atom. The van der Waals surface area contributed by atoms with Gasteiger partial charge in [-0.15, -0.1) is 0 Å². The van der Waals surface area contributed by atoms with Crippen molar-refractivity contribution >= 4 is 5.78 Å². The molecule has 0 N–H and O–H groups in total. The standard InChI is InChI=1S/C13H13F3O/c1-2-10-11(7-12(10)17)8-3-5-9(6-4-8)13(14,15)16/h3-6,10-11H,2,7H2,1H3. The van der Waals surface area contributed by atoms with Gasteiger partial charge in [0.15, 0.2) is 0 Å². The third-order valence-electron chi connectivity index (χ3n) is 3.43. The third-order valence-corrected chi connectivity index (χ3v) is 3.43. The number of carbonyl (C=O) groups is 1. The van der Waals surface area contributed by atoms with Crippen LogP contribution in [0.1, 0.15) is 36.8 Å². The summed E-state index contributed by atoms with van der Waals surface area (Å²) >= 11 is 0. The first kappa shape index (κ1) is 12.1. The number of ketones is 1. The maximum atomic E-state index is 12.4. The second-order valence-electron chi connectivity index (χ2n) is 4.41. The summed E-state index contributed by atoms with van der Waals surface area (Å²) in [6.45, 7) is 1.93. The number of alkyl halides is 3. The summed E-state index contributed by atoms with van der Waals surface area (Å²) in [6.07, 6.45) is -3.08. The average molecular weight is 242 g/mol. The van der Waals surface area contributed by atoms with E-state index in [9.17, 15) is 18.0 Å². The number of hydrogen-bond acceptors (Lipinski definition) is 1. The Morgan fingerprint density at radius 3 is 2.24 bits per heavy atom. The molecule has 0 spiro atoms. The van der Waals surface area contributed by atoms with Crippen LogP contribution in [0, 0.1) is 5.92 Å². The molecule has 1 nitrogen and oxygen atoms in total. The van der Waals surface area contributed by atoms with E-state index in [0.717, 1.165) is 24.1 Å². The minimum Gasteiger partial charge on any atom is -0.299 e. The number of Topliss-reactive ketones (excluding diaryl/α,β-unsaturated/α-hetero) is 1. The number of rotatable bonds is 2. The lowest BCUT2D eigenvalue weighted by molar-refractivity contribution is -0.137. The molecule has 0 bridgehead atoms. The van der Waals surface area contributed by atoms with Crippen LogP contribution in [0.15, 0.2) is 24.3 Å². The molecule has 92 valence electrons. The molecule has 0 aromatic heterocycles. The zero-order valence-corrected chi connectivity index (χ0v) is 9.42. The highest BCUT2D eigenvalue weighted by Gasteiger charge is 2.39. The van der Waals surface area contributed by atoms with Gasteiger partial charge < -0.3 is 0 Å². The second-order valence-corrected chi connectivity index (χ2v) is 4.41. The van der Waals surface area contributed by atoms with Crippen molar-refractivity contribution in [2.24, 2.45) is 5.92 Å². The molecule has 4 heteroatoms. The van der Waals surface area contributed by atoms with Crippen molar-refractivity contribution in [2.75, 3.05) is 0 Å². The van der Waals surface area contributed by atoms with Gasteiger partial charge in [0.05, 0.1) is 5.56 Å². The van der Waals surface area contributed by atoms with Gasteiger partial charge in [0.25, 0.3) is 0 Å². The Bertz CT molecular complexity index is 419. The van der Waals surface area contributed by atoms with Crippen molar-refractivity contribution in [3.05, 3.63) is 35.4 Å². The third kappa shape index (κ3) is 2.21. The molecule has 0 aliphatic heterocycles. The topological polar surface area (TPSA) is 17.1 Å². The van der Waals surface area contributed by atoms with Crippen molar-refractivity contribution in [3.63, 3.8) is 0 Å². The normalized spacial score (nSPS) is 24.6. The van der Waals surface area contributed by atoms with Gasteiger partial charge in [0, 0.05) is 18.3 Å². The van der Waals surface area contributed by atoms with E-state index in [1.54, 1.807) is 0 Å². The minimum absolute atomic E-state index is 0.00765. The molecule has 0 amide bonds. The van der Waals surface area contributed by atoms with Crippen molar-refractivity contribution in [2.45, 2.75) is 31.9 Å². The summed E-state index contributed by atoms with van der Waals surface area (Å²) in [5.74, 6) is 0.318. The zero-order chi connectivity index (χ0) is 12.6. The highest BCUT2D eigenvalue weighted by atomic mass is 19.4. The first-order valence-corrected chi connectivity index (χ1v) is 5.63. The van der Waals surface area contributed by atoms with Crippen molar-refractivity contribution in [1.82, 2.24) is 0 Å². The van der Waals surface area contributed by atoms with Crippen LogP contribution in [0.4, 0.5) is 13.2 Å². The van der Waals surface area contributed by atoms with E-state index < -0.39 is 11.7 Å². The number of hydrogen-bond donors (Lipinski definition) is 0. The summed E-state index contributed by atoms with van der Waals surface area (Å²) in [4.78, 5) is 11.3. The van der Waals surface area contributed by atoms with Gasteiger partial charge in [0.2, 0.25) is 0 Å². The van der Waals surface area contributed by atoms with Crippen molar-refractivity contribution in [1.29, 1.82) is 0 Å². The van der Waals surface area contributed by atoms with E-state index in [2.05, 4.69) is 0 Å². The molecule has 0 saturated heterocycles. The van der Waals surface area contributed by atoms with Crippen LogP contribution in [-0.4, -0.2) is 5.78 Å². The molecule has 1 aromatic carbocycles. The fraction of sp³-hybridized carbons (Fsp3) is 0.462. The SMILES string of the molecule is CCC1C(=O)CC1c1ccc(C(F)(F)F)cc1. The van der Waals surface area contributed by atoms with E-state index in [0.29, 0.717) is 6.42 Å². The van der Waals surface area contributed by atoms with Gasteiger partial charge in [-0.05, 0) is 24.1 Å². The van der Waals surface area contributed by atoms with Gasteiger partial charge in [0.1, 0.15) is 5.78 Å². The number of benzene rings is 1. The molecule has 0 heterocycles. The molecule has 17 heavy (non-hydrogen) atoms. The Hall–Kier alpha value is -1.32. The molecule has 2 rings (SSSR count). The second kappa shape index (κ2) is 4.17. The number of carbonyl (C=O) groups excluding carboxylic acids is 1. The predicted molar refractivity (Wildman–Crippen MR) is 57.6 cm³/mol. The quantitative estimate of drug-likeness (QED) is 0.771. The highest BCUT2D eigenvalue weighted by molar-refractivity contribution is 5.89. The fourth-order valence-corrected chi connectivity index (χ4v) is 2.36. The lowest BCUT2D eigenvalue weighted by atomic mass is 9.68. The van der Waals surface area contributed by atoms with Crippen LogP contribution in [-0.2, 0) is 11.0 Å². The molecule has 1 aliphatic carbocycles. The van der Waals surface area contributed by atoms with Gasteiger partial charge in [-0.3, -0.25) is 4.79 Å². The maximum absolute atomic E-state index is 12.4. The molecule has 1 aromatic rings. The van der Waals surface area contributed by atoms with Crippen molar-refractivity contribution < 1.29 is 18.0 Å². The minimum atomic E-state index is -4.29. The van der Waals surface area contributed by atoms with E-state index in [1.807, 2.05) is 6.92 Å². The monoisotopic (exact) mass is 242 g/mol. The molecular weight excluding hydrogens is 229 g/mol. The Kier molecular flexibility index (Phi) is 2.98. The average Bonchev–Trinajstić information content (AvgIpc) is 2.25. The number of halogens is 3. The highest BCUT2D eigenvalue weighted by Crippen LogP contribution is 2.42. The molecule has 2 unspecified atom stereocenters. The van der Waals surface area contributed by atoms with E-state index in [1.165, 1.54) is 12.1 Å². The Balaban J connectivity index is 2.17. The first-order valence-electron chi connectivity index (χ1n) is 5.63. The van der Waals surface area contributed by atoms with E-state index in [-0.39, 0.29) is 17.6 Å². The Morgan fingerprint density at radius 2 is 1.82 bits per heavy atom.